The highest BCUT2D eigenvalue weighted by Crippen LogP contribution is 2.33. The third-order valence-corrected chi connectivity index (χ3v) is 6.40. The maximum Gasteiger partial charge on any atom is 0.339 e. The van der Waals surface area contributed by atoms with Crippen LogP contribution in [0.4, 0.5) is 11.4 Å². The Bertz CT molecular complexity index is 1650. The number of para-hydroxylation sites is 1. The highest BCUT2D eigenvalue weighted by molar-refractivity contribution is 6.74. The van der Waals surface area contributed by atoms with E-state index < -0.39 is 5.97 Å². The van der Waals surface area contributed by atoms with Gasteiger partial charge in [-0.1, -0.05) is 30.3 Å². The summed E-state index contributed by atoms with van der Waals surface area (Å²) in [4.78, 5) is 24.9. The summed E-state index contributed by atoms with van der Waals surface area (Å²) in [5.41, 5.74) is 8.38. The highest BCUT2D eigenvalue weighted by atomic mass is 16.4. The van der Waals surface area contributed by atoms with Crippen molar-refractivity contribution in [3.63, 3.8) is 0 Å². The van der Waals surface area contributed by atoms with E-state index in [2.05, 4.69) is 15.6 Å². The van der Waals surface area contributed by atoms with Gasteiger partial charge in [0.25, 0.3) is 0 Å². The summed E-state index contributed by atoms with van der Waals surface area (Å²) in [6, 6.07) is 19.1. The Morgan fingerprint density at radius 3 is 2.47 bits per heavy atom. The van der Waals surface area contributed by atoms with Crippen molar-refractivity contribution in [3.05, 3.63) is 101 Å². The van der Waals surface area contributed by atoms with Crippen LogP contribution in [0.1, 0.15) is 27.0 Å². The van der Waals surface area contributed by atoms with Crippen molar-refractivity contribution in [2.75, 3.05) is 10.4 Å². The topological polar surface area (TPSA) is 120 Å². The summed E-state index contributed by atoms with van der Waals surface area (Å²) >= 11 is 0. The van der Waals surface area contributed by atoms with Crippen LogP contribution in [0.15, 0.2) is 89.3 Å². The second kappa shape index (κ2) is 9.70. The smallest absolute Gasteiger partial charge is 0.339 e. The number of hydrogen-bond donors (Lipinski definition) is 3. The minimum absolute atomic E-state index is 0.149. The number of benzene rings is 3. The van der Waals surface area contributed by atoms with Crippen molar-refractivity contribution in [3.8, 4) is 16.9 Å². The molecule has 0 fully saturated rings. The normalized spacial score (nSPS) is 14.2. The van der Waals surface area contributed by atoms with Crippen molar-refractivity contribution in [1.29, 1.82) is 0 Å². The lowest BCUT2D eigenvalue weighted by Crippen LogP contribution is -2.28. The van der Waals surface area contributed by atoms with E-state index in [1.54, 1.807) is 36.4 Å². The number of amides is 1. The molecule has 5 rings (SSSR count). The summed E-state index contributed by atoms with van der Waals surface area (Å²) in [7, 11) is 1.89. The summed E-state index contributed by atoms with van der Waals surface area (Å²) in [6.07, 6.45) is 3.73. The van der Waals surface area contributed by atoms with Crippen molar-refractivity contribution < 1.29 is 19.8 Å². The molecule has 3 N–H and O–H groups in total. The molecule has 0 bridgehead atoms. The van der Waals surface area contributed by atoms with Crippen LogP contribution in [0.3, 0.4) is 0 Å². The molecule has 0 unspecified atom stereocenters. The number of rotatable bonds is 6. The average Bonchev–Trinajstić information content (AvgIpc) is 3.47. The minimum Gasteiger partial charge on any atom is -0.506 e. The molecule has 0 spiro atoms. The van der Waals surface area contributed by atoms with Crippen LogP contribution >= 0.6 is 0 Å². The number of carbonyl (C=O) groups is 2. The van der Waals surface area contributed by atoms with E-state index in [4.69, 9.17) is 0 Å². The van der Waals surface area contributed by atoms with E-state index >= 15 is 0 Å². The molecule has 4 aromatic rings. The molecule has 38 heavy (non-hydrogen) atoms. The first kappa shape index (κ1) is 24.5. The van der Waals surface area contributed by atoms with E-state index in [0.717, 1.165) is 16.7 Å². The van der Waals surface area contributed by atoms with Crippen molar-refractivity contribution >= 4 is 34.7 Å². The summed E-state index contributed by atoms with van der Waals surface area (Å²) in [5, 5.41) is 30.2. The second-order valence-electron chi connectivity index (χ2n) is 9.06. The Morgan fingerprint density at radius 1 is 0.974 bits per heavy atom. The van der Waals surface area contributed by atoms with Gasteiger partial charge in [0.05, 0.1) is 11.4 Å². The lowest BCUT2D eigenvalue weighted by Gasteiger charge is -2.13. The molecule has 0 radical (unpaired) electrons. The Kier molecular flexibility index (Phi) is 6.26. The number of carboxylic acids is 1. The van der Waals surface area contributed by atoms with Crippen molar-refractivity contribution in [1.82, 2.24) is 4.57 Å². The quantitative estimate of drug-likeness (QED) is 0.320. The molecule has 9 heteroatoms. The highest BCUT2D eigenvalue weighted by Gasteiger charge is 2.34. The fourth-order valence-corrected chi connectivity index (χ4v) is 4.19. The molecule has 1 aromatic heterocycles. The number of hydrogen-bond acceptors (Lipinski definition) is 6. The number of carboxylic acid groups (broad SMARTS) is 1. The first-order chi connectivity index (χ1) is 18.2. The molecule has 0 aliphatic carbocycles. The SMILES string of the molecule is Cc1ccc(N2N=C(c3ccn(C)c3)C(=NNc3cccc(-c4cccc(C(=O)O)c4O)c3)C2=O)cc1C. The van der Waals surface area contributed by atoms with E-state index in [9.17, 15) is 19.8 Å². The van der Waals surface area contributed by atoms with Crippen LogP contribution in [-0.2, 0) is 11.8 Å². The van der Waals surface area contributed by atoms with Crippen LogP contribution in [0.25, 0.3) is 11.1 Å². The number of hydrazone groups is 2. The molecule has 190 valence electrons. The van der Waals surface area contributed by atoms with Gasteiger partial charge in [-0.05, 0) is 66.9 Å². The molecule has 1 amide bonds. The number of phenols is 1. The Balaban J connectivity index is 1.50. The zero-order valence-electron chi connectivity index (χ0n) is 21.0. The van der Waals surface area contributed by atoms with Crippen LogP contribution in [0.5, 0.6) is 5.75 Å². The Hall–Kier alpha value is -5.18. The van der Waals surface area contributed by atoms with Gasteiger partial charge in [0, 0.05) is 30.6 Å². The number of aromatic hydroxyl groups is 1. The van der Waals surface area contributed by atoms with Gasteiger partial charge in [-0.25, -0.2) is 4.79 Å². The lowest BCUT2D eigenvalue weighted by atomic mass is 10.0. The van der Waals surface area contributed by atoms with Gasteiger partial charge < -0.3 is 14.8 Å². The standard InChI is InChI=1S/C29H25N5O4/c1-17-10-11-22(14-18(17)2)34-28(36)26(25(32-34)20-12-13-33(3)16-20)31-30-21-7-4-6-19(15-21)23-8-5-9-24(27(23)35)29(37)38/h4-16,30,35H,1-3H3,(H,37,38). The van der Waals surface area contributed by atoms with Crippen molar-refractivity contribution in [2.45, 2.75) is 13.8 Å². The van der Waals surface area contributed by atoms with Crippen LogP contribution in [-0.4, -0.2) is 38.1 Å². The molecule has 9 nitrogen and oxygen atoms in total. The van der Waals surface area contributed by atoms with Gasteiger partial charge in [-0.15, -0.1) is 0 Å². The maximum absolute atomic E-state index is 13.5. The fourth-order valence-electron chi connectivity index (χ4n) is 4.19. The molecule has 2 heterocycles. The van der Waals surface area contributed by atoms with E-state index in [0.29, 0.717) is 28.2 Å². The summed E-state index contributed by atoms with van der Waals surface area (Å²) in [5.74, 6) is -1.91. The third kappa shape index (κ3) is 4.53. The zero-order valence-corrected chi connectivity index (χ0v) is 21.0. The molecule has 1 aliphatic heterocycles. The molecule has 3 aromatic carbocycles. The number of aromatic nitrogens is 1. The number of nitrogens with one attached hydrogen (secondary N) is 1. The average molecular weight is 508 g/mol. The monoisotopic (exact) mass is 507 g/mol. The van der Waals surface area contributed by atoms with Gasteiger partial charge in [0.2, 0.25) is 0 Å². The second-order valence-corrected chi connectivity index (χ2v) is 9.06. The zero-order chi connectivity index (χ0) is 27.0. The van der Waals surface area contributed by atoms with Gasteiger partial charge in [0.1, 0.15) is 17.0 Å². The Labute approximate surface area is 219 Å². The fraction of sp³-hybridized carbons (Fsp3) is 0.103. The van der Waals surface area contributed by atoms with Gasteiger partial charge in [0.15, 0.2) is 5.71 Å². The minimum atomic E-state index is -1.22. The lowest BCUT2D eigenvalue weighted by molar-refractivity contribution is -0.112. The van der Waals surface area contributed by atoms with Gasteiger partial charge >= 0.3 is 11.9 Å². The van der Waals surface area contributed by atoms with Crippen LogP contribution < -0.4 is 10.4 Å². The van der Waals surface area contributed by atoms with Crippen molar-refractivity contribution in [2.24, 2.45) is 17.3 Å². The first-order valence-corrected chi connectivity index (χ1v) is 11.9. The predicted molar refractivity (Wildman–Crippen MR) is 147 cm³/mol. The summed E-state index contributed by atoms with van der Waals surface area (Å²) < 4.78 is 1.87. The third-order valence-electron chi connectivity index (χ3n) is 6.40. The van der Waals surface area contributed by atoms with E-state index in [1.807, 2.05) is 62.1 Å². The molecule has 0 saturated carbocycles. The number of anilines is 2. The Morgan fingerprint density at radius 2 is 1.76 bits per heavy atom. The summed E-state index contributed by atoms with van der Waals surface area (Å²) in [6.45, 7) is 3.99. The van der Waals surface area contributed by atoms with Crippen LogP contribution in [0.2, 0.25) is 0 Å². The number of carbonyl (C=O) groups excluding carboxylic acids is 1. The molecular formula is C29H25N5O4. The van der Waals surface area contributed by atoms with Gasteiger partial charge in [-0.2, -0.15) is 15.2 Å². The maximum atomic E-state index is 13.5. The van der Waals surface area contributed by atoms with Gasteiger partial charge in [-0.3, -0.25) is 10.2 Å². The number of nitrogens with zero attached hydrogens (tertiary/aromatic N) is 4. The predicted octanol–water partition coefficient (Wildman–Crippen LogP) is 4.93. The molecular weight excluding hydrogens is 482 g/mol. The molecule has 0 saturated heterocycles. The first-order valence-electron chi connectivity index (χ1n) is 11.9. The van der Waals surface area contributed by atoms with E-state index in [1.165, 1.54) is 11.1 Å². The van der Waals surface area contributed by atoms with Crippen LogP contribution in [0, 0.1) is 13.8 Å². The molecule has 1 aliphatic rings. The number of aryl methyl sites for hydroxylation is 3. The molecule has 0 atom stereocenters. The van der Waals surface area contributed by atoms with E-state index in [-0.39, 0.29) is 22.9 Å². The largest absolute Gasteiger partial charge is 0.506 e. The number of aromatic carboxylic acids is 1.